The van der Waals surface area contributed by atoms with E-state index in [1.807, 2.05) is 0 Å². The van der Waals surface area contributed by atoms with E-state index in [4.69, 9.17) is 4.74 Å². The van der Waals surface area contributed by atoms with Crippen molar-refractivity contribution < 1.29 is 27.5 Å². The number of ether oxygens (including phenoxy) is 1. The first-order chi connectivity index (χ1) is 11.0. The first kappa shape index (κ1) is 17.5. The summed E-state index contributed by atoms with van der Waals surface area (Å²) < 4.78 is 43.5. The molecule has 0 radical (unpaired) electrons. The molecule has 0 aliphatic carbocycles. The minimum Gasteiger partial charge on any atom is -0.458 e. The summed E-state index contributed by atoms with van der Waals surface area (Å²) in [5.74, 6) is -1.16. The zero-order valence-electron chi connectivity index (χ0n) is 14.0. The lowest BCUT2D eigenvalue weighted by molar-refractivity contribution is -0.171. The van der Waals surface area contributed by atoms with Crippen LogP contribution in [0.2, 0.25) is 0 Å². The quantitative estimate of drug-likeness (QED) is 0.774. The predicted molar refractivity (Wildman–Crippen MR) is 78.9 cm³/mol. The predicted octanol–water partition coefficient (Wildman–Crippen LogP) is 1.86. The highest BCUT2D eigenvalue weighted by Crippen LogP contribution is 2.42. The average molecular weight is 348 g/mol. The van der Waals surface area contributed by atoms with Crippen LogP contribution in [0.5, 0.6) is 0 Å². The Kier molecular flexibility index (Phi) is 4.09. The molecule has 3 saturated heterocycles. The van der Waals surface area contributed by atoms with Gasteiger partial charge in [-0.1, -0.05) is 0 Å². The molecule has 3 unspecified atom stereocenters. The lowest BCUT2D eigenvalue weighted by atomic mass is 9.88. The molecule has 1 amide bonds. The second-order valence-electron chi connectivity index (χ2n) is 8.17. The third-order valence-electron chi connectivity index (χ3n) is 5.09. The van der Waals surface area contributed by atoms with Gasteiger partial charge in [-0.05, 0) is 39.5 Å². The summed E-state index contributed by atoms with van der Waals surface area (Å²) in [4.78, 5) is 25.7. The molecule has 3 bridgehead atoms. The fourth-order valence-corrected chi connectivity index (χ4v) is 4.10. The molecule has 0 saturated carbocycles. The van der Waals surface area contributed by atoms with Gasteiger partial charge in [0.2, 0.25) is 5.91 Å². The van der Waals surface area contributed by atoms with Gasteiger partial charge in [0.15, 0.2) is 0 Å². The molecule has 136 valence electrons. The molecular weight excluding hydrogens is 325 g/mol. The standard InChI is InChI=1S/C16H23F3N2O3/c1-15(2,3)14(23)24-13-10-5-8-4-9(20-10)12(13)21(7-8)11(22)6-16(17,18)19/h8-10,12-13,20H,4-7H2,1-3H3/t8?,9?,10-,12?,13-/m0/s1. The van der Waals surface area contributed by atoms with Crippen molar-refractivity contribution in [3.63, 3.8) is 0 Å². The fourth-order valence-electron chi connectivity index (χ4n) is 4.10. The molecule has 0 aromatic rings. The van der Waals surface area contributed by atoms with Crippen LogP contribution < -0.4 is 5.32 Å². The van der Waals surface area contributed by atoms with E-state index in [1.54, 1.807) is 20.8 Å². The minimum atomic E-state index is -4.53. The van der Waals surface area contributed by atoms with Crippen molar-refractivity contribution in [2.24, 2.45) is 11.3 Å². The fraction of sp³-hybridized carbons (Fsp3) is 0.875. The number of alkyl halides is 3. The molecule has 3 aliphatic heterocycles. The van der Waals surface area contributed by atoms with Crippen LogP contribution in [-0.4, -0.2) is 53.7 Å². The van der Waals surface area contributed by atoms with Gasteiger partial charge >= 0.3 is 12.1 Å². The van der Waals surface area contributed by atoms with Gasteiger partial charge in [-0.15, -0.1) is 0 Å². The maximum absolute atomic E-state index is 12.6. The molecule has 0 aromatic carbocycles. The Bertz CT molecular complexity index is 544. The topological polar surface area (TPSA) is 58.6 Å². The number of rotatable bonds is 2. The second-order valence-corrected chi connectivity index (χ2v) is 8.17. The Morgan fingerprint density at radius 1 is 1.17 bits per heavy atom. The number of fused-ring (bicyclic) bond motifs is 2. The van der Waals surface area contributed by atoms with Crippen LogP contribution in [0.15, 0.2) is 0 Å². The molecule has 3 fully saturated rings. The molecule has 24 heavy (non-hydrogen) atoms. The number of carbonyl (C=O) groups excluding carboxylic acids is 2. The Morgan fingerprint density at radius 3 is 2.38 bits per heavy atom. The van der Waals surface area contributed by atoms with Gasteiger partial charge in [-0.3, -0.25) is 9.59 Å². The first-order valence-corrected chi connectivity index (χ1v) is 8.29. The van der Waals surface area contributed by atoms with Gasteiger partial charge in [0.25, 0.3) is 0 Å². The second kappa shape index (κ2) is 5.61. The van der Waals surface area contributed by atoms with E-state index >= 15 is 0 Å². The summed E-state index contributed by atoms with van der Waals surface area (Å²) in [6, 6.07) is -0.693. The molecule has 3 rings (SSSR count). The summed E-state index contributed by atoms with van der Waals surface area (Å²) in [7, 11) is 0. The lowest BCUT2D eigenvalue weighted by Crippen LogP contribution is -2.58. The third kappa shape index (κ3) is 3.25. The van der Waals surface area contributed by atoms with Crippen molar-refractivity contribution in [1.82, 2.24) is 10.2 Å². The van der Waals surface area contributed by atoms with E-state index in [0.717, 1.165) is 6.42 Å². The Hall–Kier alpha value is -1.31. The van der Waals surface area contributed by atoms with E-state index < -0.39 is 42.0 Å². The Labute approximate surface area is 138 Å². The number of likely N-dealkylation sites (tertiary alicyclic amines) is 1. The van der Waals surface area contributed by atoms with Crippen LogP contribution in [0.1, 0.15) is 40.0 Å². The molecule has 5 atom stereocenters. The van der Waals surface area contributed by atoms with E-state index in [2.05, 4.69) is 5.32 Å². The van der Waals surface area contributed by atoms with Gasteiger partial charge in [0, 0.05) is 18.6 Å². The highest BCUT2D eigenvalue weighted by Gasteiger charge is 2.57. The van der Waals surface area contributed by atoms with E-state index in [0.29, 0.717) is 13.0 Å². The van der Waals surface area contributed by atoms with Crippen LogP contribution in [0.3, 0.4) is 0 Å². The van der Waals surface area contributed by atoms with Gasteiger partial charge in [0.05, 0.1) is 11.5 Å². The maximum Gasteiger partial charge on any atom is 0.397 e. The number of carbonyl (C=O) groups is 2. The number of hydrogen-bond donors (Lipinski definition) is 1. The molecule has 3 heterocycles. The van der Waals surface area contributed by atoms with Crippen molar-refractivity contribution >= 4 is 11.9 Å². The highest BCUT2D eigenvalue weighted by molar-refractivity contribution is 5.78. The van der Waals surface area contributed by atoms with Crippen molar-refractivity contribution in [2.75, 3.05) is 6.54 Å². The van der Waals surface area contributed by atoms with Crippen molar-refractivity contribution in [2.45, 2.75) is 70.4 Å². The number of halogens is 3. The van der Waals surface area contributed by atoms with Crippen molar-refractivity contribution in [3.05, 3.63) is 0 Å². The van der Waals surface area contributed by atoms with E-state index in [9.17, 15) is 22.8 Å². The number of hydrogen-bond acceptors (Lipinski definition) is 4. The monoisotopic (exact) mass is 348 g/mol. The van der Waals surface area contributed by atoms with Gasteiger partial charge in [0.1, 0.15) is 12.5 Å². The largest absolute Gasteiger partial charge is 0.458 e. The number of nitrogens with one attached hydrogen (secondary N) is 1. The van der Waals surface area contributed by atoms with Gasteiger partial charge in [-0.25, -0.2) is 0 Å². The molecule has 8 heteroatoms. The molecule has 5 nitrogen and oxygen atoms in total. The average Bonchev–Trinajstić information content (AvgIpc) is 2.57. The SMILES string of the molecule is CC(C)(C)C(=O)O[C@@H]1C2C3CC(C[C@@H]1N3)CN2C(=O)CC(F)(F)F. The number of esters is 1. The normalized spacial score (nSPS) is 35.2. The first-order valence-electron chi connectivity index (χ1n) is 8.29. The molecule has 0 spiro atoms. The van der Waals surface area contributed by atoms with Crippen molar-refractivity contribution in [3.8, 4) is 0 Å². The summed E-state index contributed by atoms with van der Waals surface area (Å²) in [6.07, 6.45) is -5.05. The van der Waals surface area contributed by atoms with Crippen LogP contribution in [0.25, 0.3) is 0 Å². The molecular formula is C16H23F3N2O3. The van der Waals surface area contributed by atoms with Crippen LogP contribution >= 0.6 is 0 Å². The lowest BCUT2D eigenvalue weighted by Gasteiger charge is -2.42. The third-order valence-corrected chi connectivity index (χ3v) is 5.09. The number of amides is 1. The van der Waals surface area contributed by atoms with Crippen LogP contribution in [-0.2, 0) is 14.3 Å². The Balaban J connectivity index is 1.81. The van der Waals surface area contributed by atoms with Gasteiger partial charge < -0.3 is 15.0 Å². The number of piperidine rings is 2. The van der Waals surface area contributed by atoms with Crippen LogP contribution in [0, 0.1) is 11.3 Å². The molecule has 0 aromatic heterocycles. The van der Waals surface area contributed by atoms with Crippen LogP contribution in [0.4, 0.5) is 13.2 Å². The smallest absolute Gasteiger partial charge is 0.397 e. The molecule has 1 N–H and O–H groups in total. The summed E-state index contributed by atoms with van der Waals surface area (Å²) in [5.41, 5.74) is -0.699. The Morgan fingerprint density at radius 2 is 1.79 bits per heavy atom. The maximum atomic E-state index is 12.6. The summed E-state index contributed by atoms with van der Waals surface area (Å²) in [6.45, 7) is 5.51. The van der Waals surface area contributed by atoms with Gasteiger partial charge in [-0.2, -0.15) is 13.2 Å². The summed E-state index contributed by atoms with van der Waals surface area (Å²) >= 11 is 0. The molecule has 3 aliphatic rings. The summed E-state index contributed by atoms with van der Waals surface area (Å²) in [5, 5.41) is 3.32. The van der Waals surface area contributed by atoms with E-state index in [-0.39, 0.29) is 18.0 Å². The highest BCUT2D eigenvalue weighted by atomic mass is 19.4. The number of nitrogens with zero attached hydrogens (tertiary/aromatic N) is 1. The van der Waals surface area contributed by atoms with E-state index in [1.165, 1.54) is 4.90 Å². The van der Waals surface area contributed by atoms with Crippen molar-refractivity contribution in [1.29, 1.82) is 0 Å². The zero-order valence-corrected chi connectivity index (χ0v) is 14.0. The zero-order chi connectivity index (χ0) is 17.9. The minimum absolute atomic E-state index is 0.0891.